The normalized spacial score (nSPS) is 15.0. The van der Waals surface area contributed by atoms with Gasteiger partial charge in [-0.1, -0.05) is 49.2 Å². The molecule has 0 heterocycles. The van der Waals surface area contributed by atoms with Crippen LogP contribution in [0.15, 0.2) is 48.5 Å². The molecule has 0 radical (unpaired) electrons. The highest BCUT2D eigenvalue weighted by molar-refractivity contribution is 5.74. The Morgan fingerprint density at radius 1 is 0.952 bits per heavy atom. The molecule has 0 unspecified atom stereocenters. The van der Waals surface area contributed by atoms with Crippen LogP contribution >= 0.6 is 0 Å². The molecule has 2 heteroatoms. The largest absolute Gasteiger partial charge is 0.489 e. The molecule has 0 amide bonds. The number of rotatable bonds is 5. The van der Waals surface area contributed by atoms with Crippen molar-refractivity contribution in [3.8, 4) is 5.75 Å². The highest BCUT2D eigenvalue weighted by atomic mass is 16.5. The Morgan fingerprint density at radius 2 is 1.62 bits per heavy atom. The monoisotopic (exact) mass is 280 g/mol. The van der Waals surface area contributed by atoms with E-state index in [-0.39, 0.29) is 0 Å². The van der Waals surface area contributed by atoms with Gasteiger partial charge in [0.05, 0.1) is 0 Å². The van der Waals surface area contributed by atoms with E-state index in [1.165, 1.54) is 31.2 Å². The standard InChI is InChI=1S/C19H20O2/c20-13-15-5-7-16(8-6-15)14-21-19-11-9-18(10-12-19)17-3-1-2-4-17/h5-13,17H,1-4,14H2. The number of carbonyl (C=O) groups is 1. The Bertz CT molecular complexity index is 578. The minimum Gasteiger partial charge on any atom is -0.489 e. The van der Waals surface area contributed by atoms with E-state index >= 15 is 0 Å². The van der Waals surface area contributed by atoms with Crippen molar-refractivity contribution in [3.63, 3.8) is 0 Å². The fourth-order valence-electron chi connectivity index (χ4n) is 2.95. The van der Waals surface area contributed by atoms with Crippen molar-refractivity contribution in [2.45, 2.75) is 38.2 Å². The second kappa shape index (κ2) is 6.57. The van der Waals surface area contributed by atoms with E-state index in [1.807, 2.05) is 24.3 Å². The van der Waals surface area contributed by atoms with Gasteiger partial charge in [0.1, 0.15) is 18.6 Å². The van der Waals surface area contributed by atoms with E-state index in [0.717, 1.165) is 23.5 Å². The fraction of sp³-hybridized carbons (Fsp3) is 0.316. The third-order valence-corrected chi connectivity index (χ3v) is 4.23. The maximum absolute atomic E-state index is 10.6. The first-order chi connectivity index (χ1) is 10.3. The van der Waals surface area contributed by atoms with Gasteiger partial charge in [0.25, 0.3) is 0 Å². The molecule has 0 aliphatic heterocycles. The number of hydrogen-bond acceptors (Lipinski definition) is 2. The maximum Gasteiger partial charge on any atom is 0.150 e. The van der Waals surface area contributed by atoms with Crippen LogP contribution in [0.2, 0.25) is 0 Å². The predicted octanol–water partition coefficient (Wildman–Crippen LogP) is 4.74. The molecule has 108 valence electrons. The number of ether oxygens (including phenoxy) is 1. The zero-order chi connectivity index (χ0) is 14.5. The maximum atomic E-state index is 10.6. The second-order valence-corrected chi connectivity index (χ2v) is 5.70. The van der Waals surface area contributed by atoms with Gasteiger partial charge in [0.2, 0.25) is 0 Å². The summed E-state index contributed by atoms with van der Waals surface area (Å²) in [6.45, 7) is 0.530. The molecule has 1 saturated carbocycles. The Hall–Kier alpha value is -2.09. The Labute approximate surface area is 125 Å². The lowest BCUT2D eigenvalue weighted by Crippen LogP contribution is -1.97. The summed E-state index contributed by atoms with van der Waals surface area (Å²) >= 11 is 0. The first-order valence-electron chi connectivity index (χ1n) is 7.62. The van der Waals surface area contributed by atoms with Gasteiger partial charge < -0.3 is 4.74 Å². The lowest BCUT2D eigenvalue weighted by atomic mass is 9.98. The van der Waals surface area contributed by atoms with Crippen molar-refractivity contribution in [3.05, 3.63) is 65.2 Å². The summed E-state index contributed by atoms with van der Waals surface area (Å²) in [4.78, 5) is 10.6. The number of aldehydes is 1. The van der Waals surface area contributed by atoms with Crippen molar-refractivity contribution in [2.24, 2.45) is 0 Å². The first-order valence-corrected chi connectivity index (χ1v) is 7.62. The molecule has 2 aromatic rings. The van der Waals surface area contributed by atoms with E-state index in [1.54, 1.807) is 0 Å². The Kier molecular flexibility index (Phi) is 4.34. The van der Waals surface area contributed by atoms with Crippen LogP contribution in [-0.4, -0.2) is 6.29 Å². The molecule has 1 aliphatic carbocycles. The van der Waals surface area contributed by atoms with Gasteiger partial charge in [-0.25, -0.2) is 0 Å². The molecule has 1 fully saturated rings. The van der Waals surface area contributed by atoms with Gasteiger partial charge in [-0.05, 0) is 42.0 Å². The third-order valence-electron chi connectivity index (χ3n) is 4.23. The molecule has 0 aromatic heterocycles. The topological polar surface area (TPSA) is 26.3 Å². The van der Waals surface area contributed by atoms with Crippen molar-refractivity contribution in [2.75, 3.05) is 0 Å². The zero-order valence-corrected chi connectivity index (χ0v) is 12.1. The highest BCUT2D eigenvalue weighted by Gasteiger charge is 2.16. The van der Waals surface area contributed by atoms with Gasteiger partial charge in [-0.15, -0.1) is 0 Å². The summed E-state index contributed by atoms with van der Waals surface area (Å²) in [6, 6.07) is 16.0. The van der Waals surface area contributed by atoms with E-state index in [4.69, 9.17) is 4.74 Å². The van der Waals surface area contributed by atoms with Crippen molar-refractivity contribution < 1.29 is 9.53 Å². The smallest absolute Gasteiger partial charge is 0.150 e. The predicted molar refractivity (Wildman–Crippen MR) is 83.8 cm³/mol. The fourth-order valence-corrected chi connectivity index (χ4v) is 2.95. The summed E-state index contributed by atoms with van der Waals surface area (Å²) in [7, 11) is 0. The van der Waals surface area contributed by atoms with Crippen LogP contribution < -0.4 is 4.74 Å². The molecule has 21 heavy (non-hydrogen) atoms. The summed E-state index contributed by atoms with van der Waals surface area (Å²) in [5.74, 6) is 1.64. The zero-order valence-electron chi connectivity index (χ0n) is 12.1. The van der Waals surface area contributed by atoms with Crippen molar-refractivity contribution in [1.29, 1.82) is 0 Å². The average molecular weight is 280 g/mol. The molecule has 2 aromatic carbocycles. The van der Waals surface area contributed by atoms with Crippen LogP contribution in [0.5, 0.6) is 5.75 Å². The molecule has 0 bridgehead atoms. The molecule has 1 aliphatic rings. The number of benzene rings is 2. The van der Waals surface area contributed by atoms with E-state index in [0.29, 0.717) is 12.2 Å². The minimum atomic E-state index is 0.530. The second-order valence-electron chi connectivity index (χ2n) is 5.70. The van der Waals surface area contributed by atoms with E-state index in [9.17, 15) is 4.79 Å². The number of carbonyl (C=O) groups excluding carboxylic acids is 1. The van der Waals surface area contributed by atoms with Crippen LogP contribution in [0.3, 0.4) is 0 Å². The van der Waals surface area contributed by atoms with Crippen molar-refractivity contribution >= 4 is 6.29 Å². The lowest BCUT2D eigenvalue weighted by molar-refractivity contribution is 0.112. The van der Waals surface area contributed by atoms with Crippen LogP contribution in [-0.2, 0) is 6.61 Å². The SMILES string of the molecule is O=Cc1ccc(COc2ccc(C3CCCC3)cc2)cc1. The van der Waals surface area contributed by atoms with Gasteiger partial charge >= 0.3 is 0 Å². The van der Waals surface area contributed by atoms with E-state index < -0.39 is 0 Å². The molecule has 0 spiro atoms. The molecular formula is C19H20O2. The molecule has 0 atom stereocenters. The average Bonchev–Trinajstić information content (AvgIpc) is 3.08. The summed E-state index contributed by atoms with van der Waals surface area (Å²) in [5.41, 5.74) is 3.20. The highest BCUT2D eigenvalue weighted by Crippen LogP contribution is 2.34. The van der Waals surface area contributed by atoms with Crippen LogP contribution in [0.25, 0.3) is 0 Å². The summed E-state index contributed by atoms with van der Waals surface area (Å²) in [5, 5.41) is 0. The third kappa shape index (κ3) is 3.52. The molecule has 0 saturated heterocycles. The quantitative estimate of drug-likeness (QED) is 0.740. The molecule has 2 nitrogen and oxygen atoms in total. The van der Waals surface area contributed by atoms with Crippen LogP contribution in [0.4, 0.5) is 0 Å². The Morgan fingerprint density at radius 3 is 2.24 bits per heavy atom. The molecule has 0 N–H and O–H groups in total. The van der Waals surface area contributed by atoms with Gasteiger partial charge in [0.15, 0.2) is 0 Å². The Balaban J connectivity index is 1.58. The van der Waals surface area contributed by atoms with E-state index in [2.05, 4.69) is 24.3 Å². The summed E-state index contributed by atoms with van der Waals surface area (Å²) in [6.07, 6.45) is 6.22. The summed E-state index contributed by atoms with van der Waals surface area (Å²) < 4.78 is 5.79. The molecule has 3 rings (SSSR count). The van der Waals surface area contributed by atoms with Crippen LogP contribution in [0, 0.1) is 0 Å². The lowest BCUT2D eigenvalue weighted by Gasteiger charge is -2.11. The minimum absolute atomic E-state index is 0.530. The van der Waals surface area contributed by atoms with Gasteiger partial charge in [-0.3, -0.25) is 4.79 Å². The van der Waals surface area contributed by atoms with Gasteiger partial charge in [0, 0.05) is 5.56 Å². The van der Waals surface area contributed by atoms with Gasteiger partial charge in [-0.2, -0.15) is 0 Å². The molecular weight excluding hydrogens is 260 g/mol. The first kappa shape index (κ1) is 13.9. The van der Waals surface area contributed by atoms with Crippen molar-refractivity contribution in [1.82, 2.24) is 0 Å². The number of hydrogen-bond donors (Lipinski definition) is 0. The van der Waals surface area contributed by atoms with Crippen LogP contribution in [0.1, 0.15) is 53.1 Å².